The van der Waals surface area contributed by atoms with Crippen LogP contribution in [0.4, 0.5) is 4.39 Å². The highest BCUT2D eigenvalue weighted by atomic mass is 127. The van der Waals surface area contributed by atoms with E-state index in [1.165, 1.54) is 18.2 Å². The SMILES string of the molecule is CC1(C)OCC(CNC(=O)c2ccc(F)cc2I)O1. The van der Waals surface area contributed by atoms with Crippen molar-refractivity contribution in [2.45, 2.75) is 25.7 Å². The lowest BCUT2D eigenvalue weighted by Crippen LogP contribution is -2.34. The van der Waals surface area contributed by atoms with Gasteiger partial charge >= 0.3 is 0 Å². The number of amides is 1. The van der Waals surface area contributed by atoms with Gasteiger partial charge in [-0.15, -0.1) is 0 Å². The minimum Gasteiger partial charge on any atom is -0.349 e. The average Bonchev–Trinajstić information content (AvgIpc) is 2.66. The van der Waals surface area contributed by atoms with Crippen molar-refractivity contribution in [2.75, 3.05) is 13.2 Å². The first-order valence-electron chi connectivity index (χ1n) is 5.92. The summed E-state index contributed by atoms with van der Waals surface area (Å²) in [6, 6.07) is 4.07. The van der Waals surface area contributed by atoms with Crippen LogP contribution in [-0.4, -0.2) is 30.9 Å². The Hall–Kier alpha value is -0.730. The van der Waals surface area contributed by atoms with Crippen molar-refractivity contribution in [3.05, 3.63) is 33.1 Å². The summed E-state index contributed by atoms with van der Waals surface area (Å²) < 4.78 is 24.5. The Labute approximate surface area is 124 Å². The van der Waals surface area contributed by atoms with Gasteiger partial charge < -0.3 is 14.8 Å². The molecule has 1 saturated heterocycles. The van der Waals surface area contributed by atoms with Gasteiger partial charge in [-0.1, -0.05) is 0 Å². The second-order valence-electron chi connectivity index (χ2n) is 4.78. The molecule has 1 amide bonds. The van der Waals surface area contributed by atoms with E-state index in [9.17, 15) is 9.18 Å². The highest BCUT2D eigenvalue weighted by Gasteiger charge is 2.32. The molecule has 1 heterocycles. The molecule has 19 heavy (non-hydrogen) atoms. The maximum Gasteiger partial charge on any atom is 0.252 e. The first-order chi connectivity index (χ1) is 8.87. The Morgan fingerprint density at radius 1 is 1.58 bits per heavy atom. The van der Waals surface area contributed by atoms with Crippen LogP contribution in [0.15, 0.2) is 18.2 Å². The fourth-order valence-electron chi connectivity index (χ4n) is 1.84. The van der Waals surface area contributed by atoms with E-state index in [-0.39, 0.29) is 17.8 Å². The molecule has 1 aliphatic heterocycles. The molecule has 1 N–H and O–H groups in total. The molecule has 4 nitrogen and oxygen atoms in total. The Morgan fingerprint density at radius 3 is 2.89 bits per heavy atom. The van der Waals surface area contributed by atoms with Crippen LogP contribution in [0.3, 0.4) is 0 Å². The number of benzene rings is 1. The van der Waals surface area contributed by atoms with Crippen molar-refractivity contribution in [2.24, 2.45) is 0 Å². The number of hydrogen-bond acceptors (Lipinski definition) is 3. The zero-order valence-electron chi connectivity index (χ0n) is 10.7. The number of ether oxygens (including phenoxy) is 2. The monoisotopic (exact) mass is 379 g/mol. The first kappa shape index (κ1) is 14.7. The van der Waals surface area contributed by atoms with E-state index in [1.807, 2.05) is 36.4 Å². The van der Waals surface area contributed by atoms with E-state index in [4.69, 9.17) is 9.47 Å². The standard InChI is InChI=1S/C13H15FINO3/c1-13(2)18-7-9(19-13)6-16-12(17)10-4-3-8(14)5-11(10)15/h3-5,9H,6-7H2,1-2H3,(H,16,17). The summed E-state index contributed by atoms with van der Waals surface area (Å²) in [6.45, 7) is 4.49. The lowest BCUT2D eigenvalue weighted by Gasteiger charge is -2.17. The zero-order valence-corrected chi connectivity index (χ0v) is 12.9. The number of hydrogen-bond donors (Lipinski definition) is 1. The summed E-state index contributed by atoms with van der Waals surface area (Å²) in [5, 5.41) is 2.77. The Morgan fingerprint density at radius 2 is 2.32 bits per heavy atom. The van der Waals surface area contributed by atoms with Crippen LogP contribution in [0, 0.1) is 9.39 Å². The predicted molar refractivity (Wildman–Crippen MR) is 76.4 cm³/mol. The molecule has 0 aliphatic carbocycles. The second kappa shape index (κ2) is 5.72. The third-order valence-corrected chi connectivity index (χ3v) is 3.63. The molecule has 1 atom stereocenters. The normalized spacial score (nSPS) is 21.4. The summed E-state index contributed by atoms with van der Waals surface area (Å²) in [6.07, 6.45) is -0.156. The lowest BCUT2D eigenvalue weighted by molar-refractivity contribution is -0.137. The summed E-state index contributed by atoms with van der Waals surface area (Å²) >= 11 is 1.94. The molecule has 1 fully saturated rings. The highest BCUT2D eigenvalue weighted by Crippen LogP contribution is 2.21. The highest BCUT2D eigenvalue weighted by molar-refractivity contribution is 14.1. The van der Waals surface area contributed by atoms with Gasteiger partial charge in [0.05, 0.1) is 12.2 Å². The van der Waals surface area contributed by atoms with Gasteiger partial charge in [0.25, 0.3) is 5.91 Å². The summed E-state index contributed by atoms with van der Waals surface area (Å²) in [4.78, 5) is 12.0. The molecule has 6 heteroatoms. The molecule has 1 unspecified atom stereocenters. The van der Waals surface area contributed by atoms with Crippen LogP contribution in [0.5, 0.6) is 0 Å². The first-order valence-corrected chi connectivity index (χ1v) is 7.00. The third kappa shape index (κ3) is 3.87. The number of nitrogens with one attached hydrogen (secondary N) is 1. The quantitative estimate of drug-likeness (QED) is 0.821. The molecule has 2 rings (SSSR count). The molecule has 0 saturated carbocycles. The van der Waals surface area contributed by atoms with Crippen molar-refractivity contribution in [1.82, 2.24) is 5.32 Å². The maximum atomic E-state index is 13.0. The van der Waals surface area contributed by atoms with Crippen LogP contribution in [-0.2, 0) is 9.47 Å². The van der Waals surface area contributed by atoms with Gasteiger partial charge in [-0.25, -0.2) is 4.39 Å². The van der Waals surface area contributed by atoms with E-state index in [0.29, 0.717) is 22.3 Å². The van der Waals surface area contributed by atoms with Gasteiger partial charge in [-0.05, 0) is 54.6 Å². The fourth-order valence-corrected chi connectivity index (χ4v) is 2.56. The Bertz CT molecular complexity index is 493. The van der Waals surface area contributed by atoms with Crippen LogP contribution in [0.2, 0.25) is 0 Å². The minimum atomic E-state index is -0.598. The van der Waals surface area contributed by atoms with E-state index < -0.39 is 5.79 Å². The van der Waals surface area contributed by atoms with Crippen molar-refractivity contribution < 1.29 is 18.7 Å². The van der Waals surface area contributed by atoms with Gasteiger partial charge in [0, 0.05) is 10.1 Å². The lowest BCUT2D eigenvalue weighted by atomic mass is 10.2. The van der Waals surface area contributed by atoms with Gasteiger partial charge in [0.1, 0.15) is 11.9 Å². The Kier molecular flexibility index (Phi) is 4.42. The third-order valence-electron chi connectivity index (χ3n) is 2.73. The van der Waals surface area contributed by atoms with Gasteiger partial charge in [-0.2, -0.15) is 0 Å². The van der Waals surface area contributed by atoms with Crippen molar-refractivity contribution >= 4 is 28.5 Å². The number of carbonyl (C=O) groups excluding carboxylic acids is 1. The molecule has 0 spiro atoms. The van der Waals surface area contributed by atoms with Gasteiger partial charge in [0.2, 0.25) is 0 Å². The summed E-state index contributed by atoms with van der Waals surface area (Å²) in [7, 11) is 0. The molecule has 104 valence electrons. The number of rotatable bonds is 3. The molecule has 0 aromatic heterocycles. The average molecular weight is 379 g/mol. The van der Waals surface area contributed by atoms with Crippen LogP contribution in [0.1, 0.15) is 24.2 Å². The number of carbonyl (C=O) groups is 1. The number of halogens is 2. The molecule has 0 bridgehead atoms. The summed E-state index contributed by atoms with van der Waals surface area (Å²) in [5.74, 6) is -1.19. The smallest absolute Gasteiger partial charge is 0.252 e. The minimum absolute atomic E-state index is 0.156. The van der Waals surface area contributed by atoms with E-state index in [1.54, 1.807) is 0 Å². The predicted octanol–water partition coefficient (Wildman–Crippen LogP) is 2.31. The van der Waals surface area contributed by atoms with Crippen molar-refractivity contribution in [3.8, 4) is 0 Å². The molecule has 1 aromatic carbocycles. The van der Waals surface area contributed by atoms with Crippen LogP contribution < -0.4 is 5.32 Å². The maximum absolute atomic E-state index is 13.0. The topological polar surface area (TPSA) is 47.6 Å². The molecule has 1 aliphatic rings. The second-order valence-corrected chi connectivity index (χ2v) is 5.95. The van der Waals surface area contributed by atoms with E-state index >= 15 is 0 Å². The van der Waals surface area contributed by atoms with Crippen molar-refractivity contribution in [1.29, 1.82) is 0 Å². The van der Waals surface area contributed by atoms with Gasteiger partial charge in [0.15, 0.2) is 5.79 Å². The Balaban J connectivity index is 1.91. The molecular formula is C13H15FINO3. The summed E-state index contributed by atoms with van der Waals surface area (Å²) in [5.41, 5.74) is 0.458. The van der Waals surface area contributed by atoms with E-state index in [0.717, 1.165) is 0 Å². The fraction of sp³-hybridized carbons (Fsp3) is 0.462. The zero-order chi connectivity index (χ0) is 14.0. The molecular weight excluding hydrogens is 364 g/mol. The van der Waals surface area contributed by atoms with Crippen LogP contribution >= 0.6 is 22.6 Å². The molecule has 1 aromatic rings. The van der Waals surface area contributed by atoms with Crippen LogP contribution in [0.25, 0.3) is 0 Å². The van der Waals surface area contributed by atoms with E-state index in [2.05, 4.69) is 5.32 Å². The van der Waals surface area contributed by atoms with Gasteiger partial charge in [-0.3, -0.25) is 4.79 Å². The van der Waals surface area contributed by atoms with Crippen molar-refractivity contribution in [3.63, 3.8) is 0 Å². The largest absolute Gasteiger partial charge is 0.349 e. The molecule has 0 radical (unpaired) electrons.